The second kappa shape index (κ2) is 9.99. The number of hydrogen-bond donors (Lipinski definition) is 3. The fraction of sp³-hybridized carbons (Fsp3) is 0.385. The Labute approximate surface area is 215 Å². The molecule has 4 heterocycles. The number of alkyl halides is 2. The molecule has 9 nitrogen and oxygen atoms in total. The van der Waals surface area contributed by atoms with Crippen molar-refractivity contribution in [3.05, 3.63) is 63.3 Å². The molecule has 5 rings (SSSR count). The molecule has 12 heteroatoms. The summed E-state index contributed by atoms with van der Waals surface area (Å²) in [6, 6.07) is 5.65. The van der Waals surface area contributed by atoms with Crippen LogP contribution in [0.5, 0.6) is 5.75 Å². The quantitative estimate of drug-likeness (QED) is 0.406. The number of carbonyl (C=O) groups is 2. The molecule has 3 aromatic rings. The molecule has 1 fully saturated rings. The summed E-state index contributed by atoms with van der Waals surface area (Å²) in [6.07, 6.45) is 3.29. The van der Waals surface area contributed by atoms with Crippen LogP contribution in [-0.2, 0) is 17.8 Å². The van der Waals surface area contributed by atoms with Gasteiger partial charge in [-0.05, 0) is 30.5 Å². The summed E-state index contributed by atoms with van der Waals surface area (Å²) in [7, 11) is 0. The SMILES string of the molecule is O=C(NCCCN1CCCC1=O)c1c(O)c2ncc(Cc3ccc(F)cc3)c3c2n(c1=O)CC(F)(F)CN3. The Morgan fingerprint density at radius 3 is 2.68 bits per heavy atom. The van der Waals surface area contributed by atoms with Gasteiger partial charge in [0.1, 0.15) is 16.9 Å². The number of anilines is 1. The minimum Gasteiger partial charge on any atom is -0.505 e. The Morgan fingerprint density at radius 2 is 1.97 bits per heavy atom. The van der Waals surface area contributed by atoms with E-state index in [1.807, 2.05) is 0 Å². The molecule has 38 heavy (non-hydrogen) atoms. The number of halogens is 3. The van der Waals surface area contributed by atoms with Crippen molar-refractivity contribution in [2.75, 3.05) is 31.5 Å². The number of hydrogen-bond acceptors (Lipinski definition) is 6. The first-order valence-corrected chi connectivity index (χ1v) is 12.3. The van der Waals surface area contributed by atoms with E-state index in [0.29, 0.717) is 37.1 Å². The summed E-state index contributed by atoms with van der Waals surface area (Å²) >= 11 is 0. The molecule has 2 amide bonds. The molecule has 0 saturated carbocycles. The van der Waals surface area contributed by atoms with Gasteiger partial charge in [0, 0.05) is 44.2 Å². The van der Waals surface area contributed by atoms with Gasteiger partial charge in [-0.2, -0.15) is 0 Å². The van der Waals surface area contributed by atoms with Crippen molar-refractivity contribution in [2.45, 2.75) is 38.2 Å². The lowest BCUT2D eigenvalue weighted by molar-refractivity contribution is -0.127. The number of carbonyl (C=O) groups excluding carboxylic acids is 2. The fourth-order valence-corrected chi connectivity index (χ4v) is 4.95. The summed E-state index contributed by atoms with van der Waals surface area (Å²) in [5.41, 5.74) is -0.598. The minimum atomic E-state index is -3.34. The van der Waals surface area contributed by atoms with Gasteiger partial charge >= 0.3 is 0 Å². The van der Waals surface area contributed by atoms with Gasteiger partial charge in [-0.1, -0.05) is 12.1 Å². The zero-order valence-electron chi connectivity index (χ0n) is 20.4. The topological polar surface area (TPSA) is 117 Å². The smallest absolute Gasteiger partial charge is 0.282 e. The molecule has 200 valence electrons. The van der Waals surface area contributed by atoms with Crippen molar-refractivity contribution in [1.29, 1.82) is 0 Å². The summed E-state index contributed by atoms with van der Waals surface area (Å²) in [4.78, 5) is 43.9. The Bertz CT molecular complexity index is 1470. The Kier molecular flexibility index (Phi) is 6.72. The zero-order valence-corrected chi connectivity index (χ0v) is 20.4. The molecule has 3 N–H and O–H groups in total. The van der Waals surface area contributed by atoms with Gasteiger partial charge < -0.3 is 20.6 Å². The summed E-state index contributed by atoms with van der Waals surface area (Å²) in [5.74, 6) is -5.32. The number of nitrogens with one attached hydrogen (secondary N) is 2. The third-order valence-corrected chi connectivity index (χ3v) is 6.83. The molecule has 2 aromatic heterocycles. The number of pyridine rings is 2. The predicted molar refractivity (Wildman–Crippen MR) is 133 cm³/mol. The molecule has 0 bridgehead atoms. The second-order valence-electron chi connectivity index (χ2n) is 9.58. The summed E-state index contributed by atoms with van der Waals surface area (Å²) in [6.45, 7) is -0.579. The van der Waals surface area contributed by atoms with Crippen LogP contribution in [0.4, 0.5) is 18.9 Å². The molecule has 0 spiro atoms. The molecule has 0 atom stereocenters. The third-order valence-electron chi connectivity index (χ3n) is 6.83. The van der Waals surface area contributed by atoms with Crippen molar-refractivity contribution in [1.82, 2.24) is 19.8 Å². The number of benzene rings is 1. The second-order valence-corrected chi connectivity index (χ2v) is 9.58. The van der Waals surface area contributed by atoms with E-state index in [-0.39, 0.29) is 35.6 Å². The number of rotatable bonds is 7. The Balaban J connectivity index is 1.49. The average molecular weight is 530 g/mol. The molecular weight excluding hydrogens is 503 g/mol. The van der Waals surface area contributed by atoms with Crippen LogP contribution in [0.15, 0.2) is 35.3 Å². The predicted octanol–water partition coefficient (Wildman–Crippen LogP) is 2.64. The van der Waals surface area contributed by atoms with Crippen LogP contribution in [0.2, 0.25) is 0 Å². The lowest BCUT2D eigenvalue weighted by Crippen LogP contribution is -2.38. The van der Waals surface area contributed by atoms with Crippen LogP contribution in [-0.4, -0.2) is 63.5 Å². The molecule has 1 saturated heterocycles. The molecule has 2 aliphatic heterocycles. The Hall–Kier alpha value is -4.09. The number of aromatic hydroxyl groups is 1. The van der Waals surface area contributed by atoms with E-state index in [1.54, 1.807) is 17.0 Å². The van der Waals surface area contributed by atoms with E-state index in [2.05, 4.69) is 15.6 Å². The molecule has 0 aliphatic carbocycles. The third kappa shape index (κ3) is 4.90. The first-order valence-electron chi connectivity index (χ1n) is 12.3. The van der Waals surface area contributed by atoms with Crippen molar-refractivity contribution in [2.24, 2.45) is 0 Å². The van der Waals surface area contributed by atoms with Gasteiger partial charge in [0.15, 0.2) is 5.75 Å². The molecule has 1 aromatic carbocycles. The Morgan fingerprint density at radius 1 is 1.21 bits per heavy atom. The fourth-order valence-electron chi connectivity index (χ4n) is 4.95. The van der Waals surface area contributed by atoms with Gasteiger partial charge in [0.25, 0.3) is 17.4 Å². The number of likely N-dealkylation sites (tertiary alicyclic amines) is 1. The van der Waals surface area contributed by atoms with Gasteiger partial charge in [0.05, 0.1) is 24.3 Å². The van der Waals surface area contributed by atoms with Crippen molar-refractivity contribution < 1.29 is 27.9 Å². The number of aromatic nitrogens is 2. The van der Waals surface area contributed by atoms with Gasteiger partial charge in [-0.15, -0.1) is 0 Å². The van der Waals surface area contributed by atoms with Crippen LogP contribution in [0.3, 0.4) is 0 Å². The van der Waals surface area contributed by atoms with E-state index in [4.69, 9.17) is 0 Å². The lowest BCUT2D eigenvalue weighted by Gasteiger charge is -2.18. The molecule has 0 radical (unpaired) electrons. The van der Waals surface area contributed by atoms with Crippen molar-refractivity contribution in [3.8, 4) is 5.75 Å². The lowest BCUT2D eigenvalue weighted by atomic mass is 10.0. The summed E-state index contributed by atoms with van der Waals surface area (Å²) in [5, 5.41) is 16.1. The highest BCUT2D eigenvalue weighted by molar-refractivity contribution is 6.04. The minimum absolute atomic E-state index is 0.0339. The van der Waals surface area contributed by atoms with E-state index < -0.39 is 47.6 Å². The van der Waals surface area contributed by atoms with Crippen molar-refractivity contribution >= 4 is 28.5 Å². The van der Waals surface area contributed by atoms with Crippen LogP contribution in [0.25, 0.3) is 11.0 Å². The first kappa shape index (κ1) is 25.6. The summed E-state index contributed by atoms with van der Waals surface area (Å²) < 4.78 is 43.6. The normalized spacial score (nSPS) is 16.4. The van der Waals surface area contributed by atoms with Crippen molar-refractivity contribution in [3.63, 3.8) is 0 Å². The molecule has 2 aliphatic rings. The molecule has 0 unspecified atom stereocenters. The first-order chi connectivity index (χ1) is 18.1. The highest BCUT2D eigenvalue weighted by Crippen LogP contribution is 2.36. The zero-order chi connectivity index (χ0) is 27.0. The van der Waals surface area contributed by atoms with Gasteiger partial charge in [-0.25, -0.2) is 13.2 Å². The maximum atomic E-state index is 14.7. The van der Waals surface area contributed by atoms with E-state index in [9.17, 15) is 32.7 Å². The van der Waals surface area contributed by atoms with Crippen LogP contribution >= 0.6 is 0 Å². The molecular formula is C26H26F3N5O4. The monoisotopic (exact) mass is 529 g/mol. The maximum Gasteiger partial charge on any atom is 0.282 e. The number of amides is 2. The van der Waals surface area contributed by atoms with E-state index in [1.165, 1.54) is 18.3 Å². The standard InChI is InChI=1S/C26H26F3N5O4/c27-17-6-4-15(5-7-17)11-16-12-31-21-22-20(16)32-13-26(28,29)14-34(22)25(38)19(23(21)36)24(37)30-8-2-10-33-9-1-3-18(33)35/h4-7,12,32,36H,1-3,8-11,13-14H2,(H,30,37). The highest BCUT2D eigenvalue weighted by atomic mass is 19.3. The van der Waals surface area contributed by atoms with E-state index in [0.717, 1.165) is 11.0 Å². The van der Waals surface area contributed by atoms with Crippen LogP contribution in [0, 0.1) is 5.82 Å². The largest absolute Gasteiger partial charge is 0.505 e. The number of nitrogens with zero attached hydrogens (tertiary/aromatic N) is 3. The van der Waals surface area contributed by atoms with Crippen LogP contribution < -0.4 is 16.2 Å². The van der Waals surface area contributed by atoms with Gasteiger partial charge in [-0.3, -0.25) is 23.9 Å². The van der Waals surface area contributed by atoms with Crippen LogP contribution in [0.1, 0.15) is 40.7 Å². The van der Waals surface area contributed by atoms with Gasteiger partial charge in [0.2, 0.25) is 5.91 Å². The maximum absolute atomic E-state index is 14.7. The highest BCUT2D eigenvalue weighted by Gasteiger charge is 2.37. The average Bonchev–Trinajstić information content (AvgIpc) is 3.22. The van der Waals surface area contributed by atoms with E-state index >= 15 is 0 Å².